The minimum Gasteiger partial charge on any atom is -0.351 e. The molecule has 3 atom stereocenters. The number of thioether (sulfide) groups is 1. The van der Waals surface area contributed by atoms with Gasteiger partial charge >= 0.3 is 0 Å². The van der Waals surface area contributed by atoms with Crippen molar-refractivity contribution in [1.29, 1.82) is 0 Å². The Bertz CT molecular complexity index is 954. The minimum atomic E-state index is -2.55. The molecule has 2 saturated heterocycles. The number of fused-ring (bicyclic) bond motifs is 2. The van der Waals surface area contributed by atoms with E-state index in [0.29, 0.717) is 18.8 Å². The molecule has 31 heavy (non-hydrogen) atoms. The van der Waals surface area contributed by atoms with Crippen LogP contribution < -0.4 is 10.6 Å². The predicted octanol–water partition coefficient (Wildman–Crippen LogP) is 4.32. The Labute approximate surface area is 185 Å². The maximum absolute atomic E-state index is 13.5. The zero-order chi connectivity index (χ0) is 21.9. The molecule has 5 rings (SSSR count). The molecular weight excluding hydrogens is 418 g/mol. The molecular formula is C23H30F2N4OS. The number of H-pyrrole nitrogens is 1. The fraction of sp³-hybridized carbons (Fsp3) is 0.609. The van der Waals surface area contributed by atoms with Crippen molar-refractivity contribution in [3.63, 3.8) is 0 Å². The van der Waals surface area contributed by atoms with E-state index in [1.807, 2.05) is 42.2 Å². The van der Waals surface area contributed by atoms with Gasteiger partial charge in [0.1, 0.15) is 11.2 Å². The summed E-state index contributed by atoms with van der Waals surface area (Å²) < 4.78 is 26.9. The molecule has 2 aliphatic heterocycles. The number of hydrogen-bond acceptors (Lipinski definition) is 4. The van der Waals surface area contributed by atoms with Crippen LogP contribution in [0.15, 0.2) is 30.3 Å². The topological polar surface area (TPSA) is 60.2 Å². The standard InChI is InChI=1S/C23H30F2N4OS/c1-3-8-22-9-10-29(19(30)17-11-15-6-4-5-7-16(15)26-17)12-18(22)31-20(28-22)27-21(2)13-23(24,25)14-21/h4-7,11,18,20,26-28H,3,8-10,12-14H2,1-2H3. The van der Waals surface area contributed by atoms with Crippen LogP contribution in [0.25, 0.3) is 10.9 Å². The van der Waals surface area contributed by atoms with Gasteiger partial charge in [-0.05, 0) is 31.9 Å². The molecule has 3 aliphatic rings. The number of rotatable bonds is 5. The van der Waals surface area contributed by atoms with Crippen LogP contribution in [0, 0.1) is 0 Å². The maximum Gasteiger partial charge on any atom is 0.270 e. The summed E-state index contributed by atoms with van der Waals surface area (Å²) in [6.45, 7) is 5.42. The zero-order valence-corrected chi connectivity index (χ0v) is 18.8. The number of carbonyl (C=O) groups excluding carboxylic acids is 1. The van der Waals surface area contributed by atoms with Gasteiger partial charge in [-0.15, -0.1) is 11.8 Å². The van der Waals surface area contributed by atoms with Gasteiger partial charge in [-0.2, -0.15) is 0 Å². The molecule has 1 saturated carbocycles. The molecule has 168 valence electrons. The first-order valence-electron chi connectivity index (χ1n) is 11.2. The summed E-state index contributed by atoms with van der Waals surface area (Å²) in [5, 5.41) is 8.45. The molecule has 1 amide bonds. The van der Waals surface area contributed by atoms with Crippen LogP contribution in [0.3, 0.4) is 0 Å². The highest BCUT2D eigenvalue weighted by atomic mass is 32.2. The van der Waals surface area contributed by atoms with Crippen molar-refractivity contribution in [3.8, 4) is 0 Å². The monoisotopic (exact) mass is 448 g/mol. The Morgan fingerprint density at radius 1 is 1.32 bits per heavy atom. The summed E-state index contributed by atoms with van der Waals surface area (Å²) in [5.74, 6) is -2.52. The van der Waals surface area contributed by atoms with Gasteiger partial charge in [0.25, 0.3) is 11.8 Å². The number of para-hydroxylation sites is 1. The highest BCUT2D eigenvalue weighted by molar-refractivity contribution is 8.00. The van der Waals surface area contributed by atoms with E-state index in [1.165, 1.54) is 0 Å². The lowest BCUT2D eigenvalue weighted by Gasteiger charge is -2.47. The summed E-state index contributed by atoms with van der Waals surface area (Å²) in [6.07, 6.45) is 2.70. The number of halogens is 2. The molecule has 1 aromatic heterocycles. The summed E-state index contributed by atoms with van der Waals surface area (Å²) in [5.41, 5.74) is 0.931. The van der Waals surface area contributed by atoms with Crippen LogP contribution in [-0.4, -0.2) is 56.6 Å². The highest BCUT2D eigenvalue weighted by Gasteiger charge is 2.57. The zero-order valence-electron chi connectivity index (χ0n) is 18.0. The fourth-order valence-electron chi connectivity index (χ4n) is 5.69. The second-order valence-electron chi connectivity index (χ2n) is 9.74. The van der Waals surface area contributed by atoms with E-state index in [0.717, 1.165) is 30.2 Å². The molecule has 0 radical (unpaired) electrons. The molecule has 2 aromatic rings. The van der Waals surface area contributed by atoms with Gasteiger partial charge in [0, 0.05) is 53.2 Å². The third-order valence-electron chi connectivity index (χ3n) is 7.07. The smallest absolute Gasteiger partial charge is 0.270 e. The largest absolute Gasteiger partial charge is 0.351 e. The summed E-state index contributed by atoms with van der Waals surface area (Å²) >= 11 is 1.76. The van der Waals surface area contributed by atoms with Gasteiger partial charge in [0.05, 0.1) is 0 Å². The highest BCUT2D eigenvalue weighted by Crippen LogP contribution is 2.48. The lowest BCUT2D eigenvalue weighted by molar-refractivity contribution is -0.129. The van der Waals surface area contributed by atoms with Crippen molar-refractivity contribution in [1.82, 2.24) is 20.5 Å². The number of aromatic nitrogens is 1. The van der Waals surface area contributed by atoms with Gasteiger partial charge < -0.3 is 9.88 Å². The molecule has 3 fully saturated rings. The van der Waals surface area contributed by atoms with E-state index in [-0.39, 0.29) is 35.0 Å². The minimum absolute atomic E-state index is 0.0314. The first-order chi connectivity index (χ1) is 14.7. The molecule has 3 N–H and O–H groups in total. The van der Waals surface area contributed by atoms with E-state index in [2.05, 4.69) is 22.5 Å². The number of likely N-dealkylation sites (tertiary alicyclic amines) is 1. The Hall–Kier alpha value is -1.64. The lowest BCUT2D eigenvalue weighted by Crippen LogP contribution is -2.64. The van der Waals surface area contributed by atoms with Crippen molar-refractivity contribution >= 4 is 28.6 Å². The fourth-order valence-corrected chi connectivity index (χ4v) is 7.50. The third-order valence-corrected chi connectivity index (χ3v) is 8.51. The SMILES string of the molecule is CCCC12CCN(C(=O)c3cc4ccccc4[nH]3)CC1SC(NC1(C)CC(F)(F)C1)N2. The van der Waals surface area contributed by atoms with Crippen LogP contribution in [0.2, 0.25) is 0 Å². The average molecular weight is 449 g/mol. The first-order valence-corrected chi connectivity index (χ1v) is 12.1. The Kier molecular flexibility index (Phi) is 5.10. The van der Waals surface area contributed by atoms with Crippen LogP contribution in [0.4, 0.5) is 8.78 Å². The van der Waals surface area contributed by atoms with Gasteiger partial charge in [0.15, 0.2) is 0 Å². The van der Waals surface area contributed by atoms with Crippen molar-refractivity contribution in [2.45, 2.75) is 73.7 Å². The molecule has 0 bridgehead atoms. The number of amides is 1. The Morgan fingerprint density at radius 3 is 2.81 bits per heavy atom. The normalized spacial score (nSPS) is 31.4. The number of piperidine rings is 1. The number of nitrogens with zero attached hydrogens (tertiary/aromatic N) is 1. The number of nitrogens with one attached hydrogen (secondary N) is 3. The van der Waals surface area contributed by atoms with Crippen LogP contribution in [0.5, 0.6) is 0 Å². The van der Waals surface area contributed by atoms with Crippen LogP contribution in [0.1, 0.15) is 56.4 Å². The van der Waals surface area contributed by atoms with Gasteiger partial charge in [0.2, 0.25) is 0 Å². The predicted molar refractivity (Wildman–Crippen MR) is 120 cm³/mol. The molecule has 5 nitrogen and oxygen atoms in total. The number of alkyl halides is 2. The van der Waals surface area contributed by atoms with Crippen LogP contribution in [-0.2, 0) is 0 Å². The maximum atomic E-state index is 13.5. The third kappa shape index (κ3) is 3.87. The van der Waals surface area contributed by atoms with E-state index < -0.39 is 11.5 Å². The molecule has 8 heteroatoms. The van der Waals surface area contributed by atoms with E-state index >= 15 is 0 Å². The second kappa shape index (κ2) is 7.46. The van der Waals surface area contributed by atoms with E-state index in [9.17, 15) is 13.6 Å². The van der Waals surface area contributed by atoms with Gasteiger partial charge in [-0.3, -0.25) is 15.4 Å². The average Bonchev–Trinajstić information content (AvgIpc) is 3.26. The van der Waals surface area contributed by atoms with E-state index in [1.54, 1.807) is 11.8 Å². The number of aromatic amines is 1. The van der Waals surface area contributed by atoms with Crippen molar-refractivity contribution in [2.75, 3.05) is 13.1 Å². The second-order valence-corrected chi connectivity index (χ2v) is 11.1. The molecule has 0 spiro atoms. The first kappa shape index (κ1) is 21.2. The molecule has 1 aliphatic carbocycles. The molecule has 3 heterocycles. The van der Waals surface area contributed by atoms with Gasteiger partial charge in [-0.25, -0.2) is 8.78 Å². The summed E-state index contributed by atoms with van der Waals surface area (Å²) in [4.78, 5) is 18.4. The summed E-state index contributed by atoms with van der Waals surface area (Å²) in [7, 11) is 0. The van der Waals surface area contributed by atoms with Crippen molar-refractivity contribution < 1.29 is 13.6 Å². The number of hydrogen-bond donors (Lipinski definition) is 3. The van der Waals surface area contributed by atoms with Crippen molar-refractivity contribution in [3.05, 3.63) is 36.0 Å². The molecule has 1 aromatic carbocycles. The Balaban J connectivity index is 1.30. The quantitative estimate of drug-likeness (QED) is 0.638. The Morgan fingerprint density at radius 2 is 2.10 bits per heavy atom. The number of carbonyl (C=O) groups is 1. The van der Waals surface area contributed by atoms with Gasteiger partial charge in [-0.1, -0.05) is 31.5 Å². The summed E-state index contributed by atoms with van der Waals surface area (Å²) in [6, 6.07) is 9.83. The molecule has 3 unspecified atom stereocenters. The van der Waals surface area contributed by atoms with E-state index in [4.69, 9.17) is 0 Å². The van der Waals surface area contributed by atoms with Crippen molar-refractivity contribution in [2.24, 2.45) is 0 Å². The number of benzene rings is 1. The lowest BCUT2D eigenvalue weighted by atomic mass is 9.75. The van der Waals surface area contributed by atoms with Crippen LogP contribution >= 0.6 is 11.8 Å².